The average Bonchev–Trinajstić information content (AvgIpc) is 2.63. The fourth-order valence-electron chi connectivity index (χ4n) is 2.80. The second kappa shape index (κ2) is 9.71. The summed E-state index contributed by atoms with van der Waals surface area (Å²) >= 11 is 0. The molecule has 1 amide bonds. The van der Waals surface area contributed by atoms with E-state index in [9.17, 15) is 9.59 Å². The van der Waals surface area contributed by atoms with Gasteiger partial charge in [-0.25, -0.2) is 4.79 Å². The summed E-state index contributed by atoms with van der Waals surface area (Å²) in [5.41, 5.74) is 0.860. The summed E-state index contributed by atoms with van der Waals surface area (Å²) in [7, 11) is 1.28. The van der Waals surface area contributed by atoms with E-state index in [2.05, 4.69) is 15.4 Å². The van der Waals surface area contributed by atoms with E-state index in [1.165, 1.54) is 19.6 Å². The fraction of sp³-hybridized carbons (Fsp3) is 0.474. The van der Waals surface area contributed by atoms with Gasteiger partial charge in [0.15, 0.2) is 0 Å². The molecule has 136 valence electrons. The van der Waals surface area contributed by atoms with Crippen molar-refractivity contribution in [3.8, 4) is 5.75 Å². The van der Waals surface area contributed by atoms with E-state index in [0.29, 0.717) is 12.3 Å². The first-order valence-corrected chi connectivity index (χ1v) is 8.72. The highest BCUT2D eigenvalue weighted by Crippen LogP contribution is 2.19. The highest BCUT2D eigenvalue weighted by atomic mass is 16.5. The number of nitrogens with one attached hydrogen (secondary N) is 2. The van der Waals surface area contributed by atoms with Crippen molar-refractivity contribution in [2.24, 2.45) is 0 Å². The first-order chi connectivity index (χ1) is 12.1. The SMILES string of the molecule is CCOc1ccc(N/C(=C\C(=O)OC)C(=O)NC2CCCCC2)cc1. The lowest BCUT2D eigenvalue weighted by Crippen LogP contribution is -2.38. The summed E-state index contributed by atoms with van der Waals surface area (Å²) in [6.45, 7) is 2.50. The van der Waals surface area contributed by atoms with E-state index in [0.717, 1.165) is 31.4 Å². The van der Waals surface area contributed by atoms with Gasteiger partial charge in [-0.1, -0.05) is 19.3 Å². The Morgan fingerprint density at radius 2 is 1.84 bits per heavy atom. The summed E-state index contributed by atoms with van der Waals surface area (Å²) in [6.07, 6.45) is 6.57. The van der Waals surface area contributed by atoms with Crippen LogP contribution in [0.1, 0.15) is 39.0 Å². The van der Waals surface area contributed by atoms with Crippen LogP contribution in [0.4, 0.5) is 5.69 Å². The van der Waals surface area contributed by atoms with Crippen LogP contribution >= 0.6 is 0 Å². The molecule has 1 aliphatic rings. The van der Waals surface area contributed by atoms with E-state index >= 15 is 0 Å². The van der Waals surface area contributed by atoms with Crippen molar-refractivity contribution < 1.29 is 19.1 Å². The molecule has 0 unspecified atom stereocenters. The number of methoxy groups -OCH3 is 1. The summed E-state index contributed by atoms with van der Waals surface area (Å²) in [6, 6.07) is 7.36. The molecule has 0 heterocycles. The van der Waals surface area contributed by atoms with Crippen molar-refractivity contribution in [2.75, 3.05) is 19.0 Å². The largest absolute Gasteiger partial charge is 0.494 e. The number of anilines is 1. The standard InChI is InChI=1S/C19H26N2O4/c1-3-25-16-11-9-15(10-12-16)20-17(13-18(22)24-2)19(23)21-14-7-5-4-6-8-14/h9-14,20H,3-8H2,1-2H3,(H,21,23)/b17-13-. The van der Waals surface area contributed by atoms with Crippen molar-refractivity contribution in [3.05, 3.63) is 36.0 Å². The maximum absolute atomic E-state index is 12.6. The highest BCUT2D eigenvalue weighted by Gasteiger charge is 2.19. The molecule has 0 atom stereocenters. The zero-order chi connectivity index (χ0) is 18.1. The Morgan fingerprint density at radius 3 is 2.44 bits per heavy atom. The maximum atomic E-state index is 12.6. The predicted octanol–water partition coefficient (Wildman–Crippen LogP) is 3.00. The molecule has 0 spiro atoms. The van der Waals surface area contributed by atoms with Crippen LogP contribution in [0.5, 0.6) is 5.75 Å². The van der Waals surface area contributed by atoms with Gasteiger partial charge in [0.25, 0.3) is 5.91 Å². The smallest absolute Gasteiger partial charge is 0.332 e. The minimum atomic E-state index is -0.577. The number of benzene rings is 1. The minimum absolute atomic E-state index is 0.157. The van der Waals surface area contributed by atoms with Gasteiger partial charge >= 0.3 is 5.97 Å². The molecule has 1 fully saturated rings. The van der Waals surface area contributed by atoms with Gasteiger partial charge in [-0.15, -0.1) is 0 Å². The Hall–Kier alpha value is -2.50. The minimum Gasteiger partial charge on any atom is -0.494 e. The van der Waals surface area contributed by atoms with Crippen LogP contribution in [0.25, 0.3) is 0 Å². The Labute approximate surface area is 148 Å². The van der Waals surface area contributed by atoms with Crippen LogP contribution in [-0.4, -0.2) is 31.6 Å². The van der Waals surface area contributed by atoms with Gasteiger partial charge in [0.05, 0.1) is 19.8 Å². The van der Waals surface area contributed by atoms with Crippen molar-refractivity contribution in [2.45, 2.75) is 45.1 Å². The number of hydrogen-bond acceptors (Lipinski definition) is 5. The third-order valence-electron chi connectivity index (χ3n) is 4.09. The summed E-state index contributed by atoms with van der Waals surface area (Å²) in [4.78, 5) is 24.2. The molecule has 0 bridgehead atoms. The molecule has 0 aromatic heterocycles. The first kappa shape index (κ1) is 18.8. The van der Waals surface area contributed by atoms with Crippen LogP contribution < -0.4 is 15.4 Å². The lowest BCUT2D eigenvalue weighted by Gasteiger charge is -2.23. The molecule has 0 saturated heterocycles. The number of amides is 1. The Kier molecular flexibility index (Phi) is 7.32. The molecule has 6 heteroatoms. The Morgan fingerprint density at radius 1 is 1.16 bits per heavy atom. The fourth-order valence-corrected chi connectivity index (χ4v) is 2.80. The third-order valence-corrected chi connectivity index (χ3v) is 4.09. The van der Waals surface area contributed by atoms with Gasteiger partial charge in [0, 0.05) is 11.7 Å². The molecule has 25 heavy (non-hydrogen) atoms. The van der Waals surface area contributed by atoms with Gasteiger partial charge in [0.2, 0.25) is 0 Å². The van der Waals surface area contributed by atoms with Crippen molar-refractivity contribution in [1.82, 2.24) is 5.32 Å². The first-order valence-electron chi connectivity index (χ1n) is 8.72. The second-order valence-corrected chi connectivity index (χ2v) is 5.97. The highest BCUT2D eigenvalue weighted by molar-refractivity contribution is 6.01. The summed E-state index contributed by atoms with van der Waals surface area (Å²) < 4.78 is 10.1. The number of ether oxygens (including phenoxy) is 2. The zero-order valence-electron chi connectivity index (χ0n) is 14.8. The normalized spacial score (nSPS) is 15.4. The van der Waals surface area contributed by atoms with Gasteiger partial charge in [-0.3, -0.25) is 4.79 Å². The number of carbonyl (C=O) groups is 2. The van der Waals surface area contributed by atoms with Crippen molar-refractivity contribution in [3.63, 3.8) is 0 Å². The van der Waals surface area contributed by atoms with Crippen LogP contribution in [0.3, 0.4) is 0 Å². The third kappa shape index (κ3) is 6.14. The molecule has 1 saturated carbocycles. The summed E-state index contributed by atoms with van der Waals surface area (Å²) in [5, 5.41) is 5.99. The van der Waals surface area contributed by atoms with E-state index in [1.807, 2.05) is 6.92 Å². The lowest BCUT2D eigenvalue weighted by atomic mass is 9.95. The zero-order valence-corrected chi connectivity index (χ0v) is 14.8. The number of esters is 1. The van der Waals surface area contributed by atoms with Gasteiger partial charge < -0.3 is 20.1 Å². The number of hydrogen-bond donors (Lipinski definition) is 2. The second-order valence-electron chi connectivity index (χ2n) is 5.97. The Bertz CT molecular complexity index is 604. The van der Waals surface area contributed by atoms with Gasteiger partial charge in [0.1, 0.15) is 11.4 Å². The van der Waals surface area contributed by atoms with Crippen LogP contribution in [0, 0.1) is 0 Å². The predicted molar refractivity (Wildman–Crippen MR) is 96.3 cm³/mol. The molecular formula is C19H26N2O4. The topological polar surface area (TPSA) is 76.7 Å². The van der Waals surface area contributed by atoms with E-state index < -0.39 is 5.97 Å². The van der Waals surface area contributed by atoms with E-state index in [4.69, 9.17) is 4.74 Å². The van der Waals surface area contributed by atoms with Crippen LogP contribution in [-0.2, 0) is 14.3 Å². The quantitative estimate of drug-likeness (QED) is 0.586. The van der Waals surface area contributed by atoms with Crippen molar-refractivity contribution in [1.29, 1.82) is 0 Å². The monoisotopic (exact) mass is 346 g/mol. The Balaban J connectivity index is 2.07. The summed E-state index contributed by atoms with van der Waals surface area (Å²) in [5.74, 6) is -0.128. The average molecular weight is 346 g/mol. The molecule has 2 rings (SSSR count). The van der Waals surface area contributed by atoms with Crippen molar-refractivity contribution >= 4 is 17.6 Å². The maximum Gasteiger partial charge on any atom is 0.332 e. The number of carbonyl (C=O) groups excluding carboxylic acids is 2. The van der Waals surface area contributed by atoms with E-state index in [1.54, 1.807) is 24.3 Å². The molecule has 2 N–H and O–H groups in total. The van der Waals surface area contributed by atoms with Gasteiger partial charge in [-0.05, 0) is 44.0 Å². The van der Waals surface area contributed by atoms with Crippen LogP contribution in [0.2, 0.25) is 0 Å². The number of rotatable bonds is 7. The molecule has 6 nitrogen and oxygen atoms in total. The molecule has 1 aromatic rings. The molecule has 0 aliphatic heterocycles. The lowest BCUT2D eigenvalue weighted by molar-refractivity contribution is -0.135. The van der Waals surface area contributed by atoms with Gasteiger partial charge in [-0.2, -0.15) is 0 Å². The van der Waals surface area contributed by atoms with Crippen LogP contribution in [0.15, 0.2) is 36.0 Å². The molecule has 1 aliphatic carbocycles. The van der Waals surface area contributed by atoms with E-state index in [-0.39, 0.29) is 17.6 Å². The molecule has 0 radical (unpaired) electrons. The molecule has 1 aromatic carbocycles. The molecular weight excluding hydrogens is 320 g/mol.